The van der Waals surface area contributed by atoms with E-state index in [1.165, 1.54) is 11.1 Å². The molecule has 2 rings (SSSR count). The number of esters is 1. The minimum Gasteiger partial charge on any atom is -0.462 e. The molecule has 1 aromatic rings. The van der Waals surface area contributed by atoms with Gasteiger partial charge in [-0.2, -0.15) is 0 Å². The lowest BCUT2D eigenvalue weighted by Gasteiger charge is -2.24. The number of halogens is 1. The van der Waals surface area contributed by atoms with Crippen LogP contribution in [0.1, 0.15) is 11.3 Å². The first-order valence-electron chi connectivity index (χ1n) is 6.23. The second kappa shape index (κ2) is 7.35. The highest BCUT2D eigenvalue weighted by Gasteiger charge is 2.26. The Bertz CT molecular complexity index is 502. The van der Waals surface area contributed by atoms with Gasteiger partial charge in [-0.05, 0) is 36.5 Å². The van der Waals surface area contributed by atoms with Gasteiger partial charge in [0.2, 0.25) is 0 Å². The fraction of sp³-hybridized carbons (Fsp3) is 0.385. The lowest BCUT2D eigenvalue weighted by atomic mass is 10.1. The molecule has 0 aliphatic carbocycles. The van der Waals surface area contributed by atoms with Crippen LogP contribution in [0, 0.1) is 0 Å². The number of thiocarbonyl (C=S) groups is 1. The molecule has 0 fully saturated rings. The SMILES string of the molecule is O=C(OCCCc1cccs1)C1=CNC(=S)NC1CF. The van der Waals surface area contributed by atoms with Gasteiger partial charge in [-0.25, -0.2) is 9.18 Å². The summed E-state index contributed by atoms with van der Waals surface area (Å²) in [4.78, 5) is 13.1. The molecule has 1 atom stereocenters. The van der Waals surface area contributed by atoms with Gasteiger partial charge in [-0.1, -0.05) is 6.07 Å². The number of ether oxygens (including phenoxy) is 1. The van der Waals surface area contributed by atoms with E-state index in [-0.39, 0.29) is 5.57 Å². The van der Waals surface area contributed by atoms with Crippen molar-refractivity contribution >= 4 is 34.6 Å². The smallest absolute Gasteiger partial charge is 0.337 e. The van der Waals surface area contributed by atoms with Crippen LogP contribution in [0.2, 0.25) is 0 Å². The summed E-state index contributed by atoms with van der Waals surface area (Å²) < 4.78 is 18.0. The van der Waals surface area contributed by atoms with Crippen LogP contribution < -0.4 is 10.6 Å². The van der Waals surface area contributed by atoms with Crippen molar-refractivity contribution in [2.45, 2.75) is 18.9 Å². The summed E-state index contributed by atoms with van der Waals surface area (Å²) in [5, 5.41) is 7.69. The predicted molar refractivity (Wildman–Crippen MR) is 80.3 cm³/mol. The molecule has 1 aliphatic rings. The first-order chi connectivity index (χ1) is 9.70. The number of carbonyl (C=O) groups is 1. The van der Waals surface area contributed by atoms with E-state index in [9.17, 15) is 9.18 Å². The molecule has 0 spiro atoms. The first kappa shape index (κ1) is 14.9. The lowest BCUT2D eigenvalue weighted by molar-refractivity contribution is -0.139. The van der Waals surface area contributed by atoms with Gasteiger partial charge in [-0.15, -0.1) is 11.3 Å². The summed E-state index contributed by atoms with van der Waals surface area (Å²) in [5.74, 6) is -0.513. The van der Waals surface area contributed by atoms with Crippen LogP contribution in [0.3, 0.4) is 0 Å². The van der Waals surface area contributed by atoms with Crippen molar-refractivity contribution in [1.82, 2.24) is 10.6 Å². The maximum atomic E-state index is 12.8. The summed E-state index contributed by atoms with van der Waals surface area (Å²) in [5.41, 5.74) is 0.234. The van der Waals surface area contributed by atoms with E-state index in [4.69, 9.17) is 17.0 Å². The van der Waals surface area contributed by atoms with Crippen molar-refractivity contribution in [1.29, 1.82) is 0 Å². The molecule has 1 unspecified atom stereocenters. The largest absolute Gasteiger partial charge is 0.462 e. The molecule has 0 radical (unpaired) electrons. The third kappa shape index (κ3) is 4.01. The maximum absolute atomic E-state index is 12.8. The van der Waals surface area contributed by atoms with Crippen molar-refractivity contribution in [3.8, 4) is 0 Å². The van der Waals surface area contributed by atoms with Gasteiger partial charge in [0.05, 0.1) is 18.2 Å². The lowest BCUT2D eigenvalue weighted by Crippen LogP contribution is -2.48. The average Bonchev–Trinajstić information content (AvgIpc) is 2.96. The van der Waals surface area contributed by atoms with E-state index in [0.29, 0.717) is 11.7 Å². The number of nitrogens with one attached hydrogen (secondary N) is 2. The fourth-order valence-corrected chi connectivity index (χ4v) is 2.75. The van der Waals surface area contributed by atoms with E-state index in [0.717, 1.165) is 12.8 Å². The summed E-state index contributed by atoms with van der Waals surface area (Å²) in [6, 6.07) is 3.31. The predicted octanol–water partition coefficient (Wildman–Crippen LogP) is 1.92. The number of hydrogen-bond donors (Lipinski definition) is 2. The zero-order valence-electron chi connectivity index (χ0n) is 10.7. The quantitative estimate of drug-likeness (QED) is 0.477. The Balaban J connectivity index is 1.77. The molecule has 108 valence electrons. The van der Waals surface area contributed by atoms with E-state index in [1.807, 2.05) is 17.5 Å². The first-order valence-corrected chi connectivity index (χ1v) is 7.52. The Labute approximate surface area is 126 Å². The standard InChI is InChI=1S/C13H15FN2O2S2/c14-7-11-10(8-15-13(19)16-11)12(17)18-5-1-3-9-4-2-6-20-9/h2,4,6,8,11H,1,3,5,7H2,(H2,15,16,19). The highest BCUT2D eigenvalue weighted by molar-refractivity contribution is 7.80. The Morgan fingerprint density at radius 2 is 2.40 bits per heavy atom. The third-order valence-corrected chi connectivity index (χ3v) is 3.98. The normalized spacial score (nSPS) is 17.9. The van der Waals surface area contributed by atoms with Gasteiger partial charge in [0.15, 0.2) is 5.11 Å². The minimum atomic E-state index is -0.728. The molecular weight excluding hydrogens is 299 g/mol. The van der Waals surface area contributed by atoms with E-state index in [1.54, 1.807) is 11.3 Å². The van der Waals surface area contributed by atoms with Gasteiger partial charge < -0.3 is 15.4 Å². The molecule has 0 amide bonds. The molecule has 4 nitrogen and oxygen atoms in total. The molecule has 7 heteroatoms. The number of aryl methyl sites for hydroxylation is 1. The zero-order chi connectivity index (χ0) is 14.4. The van der Waals surface area contributed by atoms with Gasteiger partial charge in [-0.3, -0.25) is 0 Å². The van der Waals surface area contributed by atoms with Crippen LogP contribution in [-0.4, -0.2) is 30.4 Å². The van der Waals surface area contributed by atoms with Gasteiger partial charge >= 0.3 is 5.97 Å². The summed E-state index contributed by atoms with van der Waals surface area (Å²) in [6.45, 7) is -0.393. The number of hydrogen-bond acceptors (Lipinski definition) is 4. The van der Waals surface area contributed by atoms with Crippen LogP contribution >= 0.6 is 23.6 Å². The number of thiophene rings is 1. The van der Waals surface area contributed by atoms with E-state index in [2.05, 4.69) is 10.6 Å². The molecule has 0 saturated carbocycles. The molecule has 20 heavy (non-hydrogen) atoms. The Kier molecular flexibility index (Phi) is 5.49. The van der Waals surface area contributed by atoms with Gasteiger partial charge in [0.25, 0.3) is 0 Å². The van der Waals surface area contributed by atoms with Crippen molar-refractivity contribution in [2.24, 2.45) is 0 Å². The van der Waals surface area contributed by atoms with E-state index < -0.39 is 18.7 Å². The molecule has 0 bridgehead atoms. The molecule has 0 saturated heterocycles. The Morgan fingerprint density at radius 3 is 3.10 bits per heavy atom. The number of alkyl halides is 1. The third-order valence-electron chi connectivity index (χ3n) is 2.81. The van der Waals surface area contributed by atoms with Crippen LogP contribution in [0.25, 0.3) is 0 Å². The van der Waals surface area contributed by atoms with Crippen molar-refractivity contribution in [3.05, 3.63) is 34.2 Å². The topological polar surface area (TPSA) is 50.4 Å². The van der Waals surface area contributed by atoms with Crippen LogP contribution in [0.15, 0.2) is 29.3 Å². The van der Waals surface area contributed by atoms with Crippen molar-refractivity contribution in [2.75, 3.05) is 13.3 Å². The highest BCUT2D eigenvalue weighted by atomic mass is 32.1. The number of carbonyl (C=O) groups excluding carboxylic acids is 1. The molecule has 1 aromatic heterocycles. The molecule has 2 heterocycles. The highest BCUT2D eigenvalue weighted by Crippen LogP contribution is 2.12. The van der Waals surface area contributed by atoms with Crippen LogP contribution in [0.5, 0.6) is 0 Å². The average molecular weight is 314 g/mol. The second-order valence-corrected chi connectivity index (χ2v) is 5.68. The van der Waals surface area contributed by atoms with Crippen LogP contribution in [0.4, 0.5) is 4.39 Å². The Hall–Kier alpha value is -1.47. The minimum absolute atomic E-state index is 0.234. The number of rotatable bonds is 6. The summed E-state index contributed by atoms with van der Waals surface area (Å²) >= 11 is 6.53. The summed E-state index contributed by atoms with van der Waals surface area (Å²) in [7, 11) is 0. The van der Waals surface area contributed by atoms with Gasteiger partial charge in [0, 0.05) is 11.1 Å². The molecular formula is C13H15FN2O2S2. The zero-order valence-corrected chi connectivity index (χ0v) is 12.4. The van der Waals surface area contributed by atoms with Crippen molar-refractivity contribution < 1.29 is 13.9 Å². The molecule has 2 N–H and O–H groups in total. The Morgan fingerprint density at radius 1 is 1.55 bits per heavy atom. The second-order valence-electron chi connectivity index (χ2n) is 4.24. The van der Waals surface area contributed by atoms with E-state index >= 15 is 0 Å². The molecule has 1 aliphatic heterocycles. The van der Waals surface area contributed by atoms with Crippen molar-refractivity contribution in [3.63, 3.8) is 0 Å². The van der Waals surface area contributed by atoms with Crippen LogP contribution in [-0.2, 0) is 16.0 Å². The summed E-state index contributed by atoms with van der Waals surface area (Å²) in [6.07, 6.45) is 3.03. The fourth-order valence-electron chi connectivity index (χ4n) is 1.79. The molecule has 0 aromatic carbocycles. The monoisotopic (exact) mass is 314 g/mol. The maximum Gasteiger partial charge on any atom is 0.337 e. The van der Waals surface area contributed by atoms with Gasteiger partial charge in [0.1, 0.15) is 6.67 Å².